The number of aliphatic hydroxyl groups excluding tert-OH is 1. The van der Waals surface area contributed by atoms with E-state index in [9.17, 15) is 13.6 Å². The maximum atomic E-state index is 12.9. The van der Waals surface area contributed by atoms with Crippen molar-refractivity contribution < 1.29 is 23.4 Å². The maximum absolute atomic E-state index is 12.9. The van der Waals surface area contributed by atoms with Crippen LogP contribution in [-0.4, -0.2) is 71.9 Å². The summed E-state index contributed by atoms with van der Waals surface area (Å²) in [6.45, 7) is 6.54. The van der Waals surface area contributed by atoms with Crippen molar-refractivity contribution in [1.29, 1.82) is 0 Å². The van der Waals surface area contributed by atoms with Crippen LogP contribution in [-0.2, 0) is 4.74 Å². The molecule has 0 radical (unpaired) electrons. The van der Waals surface area contributed by atoms with Gasteiger partial charge in [-0.1, -0.05) is 0 Å². The number of carbonyl (C=O) groups is 1. The number of hydrogen-bond acceptors (Lipinski definition) is 4. The summed E-state index contributed by atoms with van der Waals surface area (Å²) >= 11 is 0. The van der Waals surface area contributed by atoms with Gasteiger partial charge in [-0.05, 0) is 20.8 Å². The van der Waals surface area contributed by atoms with E-state index in [1.165, 1.54) is 0 Å². The van der Waals surface area contributed by atoms with Crippen molar-refractivity contribution in [3.63, 3.8) is 0 Å². The molecule has 1 N–H and O–H groups in total. The summed E-state index contributed by atoms with van der Waals surface area (Å²) in [7, 11) is 0. The Morgan fingerprint density at radius 1 is 1.20 bits per heavy atom. The largest absolute Gasteiger partial charge is 0.444 e. The van der Waals surface area contributed by atoms with Crippen LogP contribution in [0.4, 0.5) is 13.6 Å². The van der Waals surface area contributed by atoms with Gasteiger partial charge >= 0.3 is 6.09 Å². The summed E-state index contributed by atoms with van der Waals surface area (Å²) in [6, 6.07) is 0. The van der Waals surface area contributed by atoms with Crippen molar-refractivity contribution in [3.05, 3.63) is 0 Å². The number of piperazine rings is 1. The van der Waals surface area contributed by atoms with Gasteiger partial charge in [-0.15, -0.1) is 0 Å². The third-order valence-corrected chi connectivity index (χ3v) is 3.05. The first-order chi connectivity index (χ1) is 9.13. The lowest BCUT2D eigenvalue weighted by Crippen LogP contribution is -2.50. The monoisotopic (exact) mass is 294 g/mol. The number of aliphatic hydroxyl groups is 1. The number of alkyl halides is 2. The predicted molar refractivity (Wildman–Crippen MR) is 70.9 cm³/mol. The summed E-state index contributed by atoms with van der Waals surface area (Å²) < 4.78 is 31.1. The second-order valence-electron chi connectivity index (χ2n) is 6.07. The van der Waals surface area contributed by atoms with Crippen molar-refractivity contribution in [2.45, 2.75) is 38.7 Å². The Kier molecular flexibility index (Phi) is 5.70. The molecule has 0 spiro atoms. The molecule has 20 heavy (non-hydrogen) atoms. The van der Waals surface area contributed by atoms with Gasteiger partial charge in [0.1, 0.15) is 12.2 Å². The molecule has 0 aromatic rings. The topological polar surface area (TPSA) is 53.0 Å². The molecule has 0 atom stereocenters. The summed E-state index contributed by atoms with van der Waals surface area (Å²) in [5.74, 6) is -3.03. The predicted octanol–water partition coefficient (Wildman–Crippen LogP) is 1.56. The van der Waals surface area contributed by atoms with E-state index in [-0.39, 0.29) is 19.1 Å². The van der Waals surface area contributed by atoms with E-state index in [0.29, 0.717) is 26.2 Å². The highest BCUT2D eigenvalue weighted by Gasteiger charge is 2.30. The van der Waals surface area contributed by atoms with E-state index in [4.69, 9.17) is 9.84 Å². The molecule has 118 valence electrons. The fraction of sp³-hybridized carbons (Fsp3) is 0.923. The molecule has 0 unspecified atom stereocenters. The minimum absolute atomic E-state index is 0.218. The van der Waals surface area contributed by atoms with Crippen LogP contribution in [0.1, 0.15) is 27.2 Å². The van der Waals surface area contributed by atoms with E-state index in [1.54, 1.807) is 25.7 Å². The van der Waals surface area contributed by atoms with Crippen LogP contribution in [0.15, 0.2) is 0 Å². The van der Waals surface area contributed by atoms with Gasteiger partial charge in [0.15, 0.2) is 0 Å². The molecule has 0 aliphatic carbocycles. The van der Waals surface area contributed by atoms with Gasteiger partial charge in [-0.3, -0.25) is 4.90 Å². The van der Waals surface area contributed by atoms with E-state index < -0.39 is 18.1 Å². The first-order valence-electron chi connectivity index (χ1n) is 6.82. The van der Waals surface area contributed by atoms with Gasteiger partial charge in [0.25, 0.3) is 5.92 Å². The normalized spacial score (nSPS) is 18.2. The Morgan fingerprint density at radius 2 is 1.75 bits per heavy atom. The van der Waals surface area contributed by atoms with Crippen LogP contribution in [0.3, 0.4) is 0 Å². The fourth-order valence-electron chi connectivity index (χ4n) is 1.88. The van der Waals surface area contributed by atoms with Gasteiger partial charge in [0.05, 0.1) is 0 Å². The highest BCUT2D eigenvalue weighted by atomic mass is 19.3. The zero-order valence-corrected chi connectivity index (χ0v) is 12.4. The van der Waals surface area contributed by atoms with E-state index in [1.807, 2.05) is 4.90 Å². The molecule has 7 heteroatoms. The summed E-state index contributed by atoms with van der Waals surface area (Å²) in [5.41, 5.74) is -0.530. The minimum atomic E-state index is -3.03. The standard InChI is InChI=1S/C13H24F2N2O3/c1-12(2,3)20-11(19)17-8-6-16(7-9-17)5-4-13(14,15)10-18/h18H,4-10H2,1-3H3. The van der Waals surface area contributed by atoms with Crippen LogP contribution in [0.5, 0.6) is 0 Å². The van der Waals surface area contributed by atoms with Crippen LogP contribution in [0.25, 0.3) is 0 Å². The van der Waals surface area contributed by atoms with Crippen molar-refractivity contribution in [2.24, 2.45) is 0 Å². The van der Waals surface area contributed by atoms with Crippen molar-refractivity contribution >= 4 is 6.09 Å². The average molecular weight is 294 g/mol. The van der Waals surface area contributed by atoms with Crippen LogP contribution in [0.2, 0.25) is 0 Å². The molecule has 0 aromatic heterocycles. The quantitative estimate of drug-likeness (QED) is 0.855. The molecule has 1 rings (SSSR count). The molecule has 1 saturated heterocycles. The summed E-state index contributed by atoms with van der Waals surface area (Å²) in [5, 5.41) is 8.51. The van der Waals surface area contributed by atoms with Gasteiger partial charge in [0.2, 0.25) is 0 Å². The lowest BCUT2D eigenvalue weighted by molar-refractivity contribution is -0.0636. The molecule has 1 amide bonds. The third-order valence-electron chi connectivity index (χ3n) is 3.05. The van der Waals surface area contributed by atoms with Gasteiger partial charge in [0, 0.05) is 39.1 Å². The number of carbonyl (C=O) groups excluding carboxylic acids is 1. The van der Waals surface area contributed by atoms with Crippen molar-refractivity contribution in [2.75, 3.05) is 39.3 Å². The molecule has 1 fully saturated rings. The average Bonchev–Trinajstić information content (AvgIpc) is 2.35. The fourth-order valence-corrected chi connectivity index (χ4v) is 1.88. The second kappa shape index (κ2) is 6.67. The lowest BCUT2D eigenvalue weighted by atomic mass is 10.2. The van der Waals surface area contributed by atoms with E-state index in [0.717, 1.165) is 0 Å². The second-order valence-corrected chi connectivity index (χ2v) is 6.07. The number of halogens is 2. The number of amides is 1. The van der Waals surface area contributed by atoms with E-state index >= 15 is 0 Å². The number of nitrogens with zero attached hydrogens (tertiary/aromatic N) is 2. The van der Waals surface area contributed by atoms with Crippen LogP contribution < -0.4 is 0 Å². The zero-order chi connectivity index (χ0) is 15.4. The lowest BCUT2D eigenvalue weighted by Gasteiger charge is -2.36. The Morgan fingerprint density at radius 3 is 2.20 bits per heavy atom. The molecular formula is C13H24F2N2O3. The molecule has 0 saturated carbocycles. The molecule has 0 aromatic carbocycles. The molecule has 1 aliphatic rings. The third kappa shape index (κ3) is 6.00. The van der Waals surface area contributed by atoms with Gasteiger partial charge in [-0.2, -0.15) is 0 Å². The zero-order valence-electron chi connectivity index (χ0n) is 12.4. The van der Waals surface area contributed by atoms with E-state index in [2.05, 4.69) is 0 Å². The van der Waals surface area contributed by atoms with Gasteiger partial charge in [-0.25, -0.2) is 13.6 Å². The molecule has 1 aliphatic heterocycles. The van der Waals surface area contributed by atoms with Crippen molar-refractivity contribution in [1.82, 2.24) is 9.80 Å². The number of rotatable bonds is 4. The molecule has 1 heterocycles. The van der Waals surface area contributed by atoms with Crippen LogP contribution in [0, 0.1) is 0 Å². The van der Waals surface area contributed by atoms with Crippen molar-refractivity contribution in [3.8, 4) is 0 Å². The summed E-state index contributed by atoms with van der Waals surface area (Å²) in [4.78, 5) is 15.3. The number of hydrogen-bond donors (Lipinski definition) is 1. The number of ether oxygens (including phenoxy) is 1. The Bertz CT molecular complexity index is 324. The highest BCUT2D eigenvalue weighted by molar-refractivity contribution is 5.68. The maximum Gasteiger partial charge on any atom is 0.410 e. The Balaban J connectivity index is 2.31. The Hall–Kier alpha value is -0.950. The van der Waals surface area contributed by atoms with Gasteiger partial charge < -0.3 is 14.7 Å². The first-order valence-corrected chi connectivity index (χ1v) is 6.82. The molecule has 0 bridgehead atoms. The Labute approximate surface area is 118 Å². The summed E-state index contributed by atoms with van der Waals surface area (Å²) in [6.07, 6.45) is -0.728. The molecule has 5 nitrogen and oxygen atoms in total. The van der Waals surface area contributed by atoms with Crippen LogP contribution >= 0.6 is 0 Å². The molecular weight excluding hydrogens is 270 g/mol. The first kappa shape index (κ1) is 17.1. The smallest absolute Gasteiger partial charge is 0.410 e. The highest BCUT2D eigenvalue weighted by Crippen LogP contribution is 2.18. The SMILES string of the molecule is CC(C)(C)OC(=O)N1CCN(CCC(F)(F)CO)CC1. The minimum Gasteiger partial charge on any atom is -0.444 e.